The number of hydrogen-bond acceptors (Lipinski definition) is 4. The van der Waals surface area contributed by atoms with Gasteiger partial charge in [-0.2, -0.15) is 0 Å². The van der Waals surface area contributed by atoms with Gasteiger partial charge in [-0.15, -0.1) is 0 Å². The van der Waals surface area contributed by atoms with Gasteiger partial charge in [-0.05, 0) is 55.7 Å². The van der Waals surface area contributed by atoms with Crippen molar-refractivity contribution in [2.75, 3.05) is 0 Å². The Morgan fingerprint density at radius 2 is 1.88 bits per heavy atom. The van der Waals surface area contributed by atoms with E-state index in [-0.39, 0.29) is 12.1 Å². The van der Waals surface area contributed by atoms with Crippen molar-refractivity contribution in [3.05, 3.63) is 52.0 Å². The third-order valence-corrected chi connectivity index (χ3v) is 4.50. The normalized spacial score (nSPS) is 14.6. The molecule has 122 valence electrons. The predicted molar refractivity (Wildman–Crippen MR) is 92.5 cm³/mol. The number of halogens is 2. The lowest BCUT2D eigenvalue weighted by molar-refractivity contribution is 0.00901. The van der Waals surface area contributed by atoms with Gasteiger partial charge in [0, 0.05) is 15.6 Å². The second kappa shape index (κ2) is 6.11. The summed E-state index contributed by atoms with van der Waals surface area (Å²) in [6.45, 7) is 0. The van der Waals surface area contributed by atoms with E-state index in [9.17, 15) is 4.79 Å². The minimum absolute atomic E-state index is 0.0482. The monoisotopic (exact) mass is 361 g/mol. The van der Waals surface area contributed by atoms with Crippen molar-refractivity contribution in [3.63, 3.8) is 0 Å². The fraction of sp³-hybridized carbons (Fsp3) is 0.222. The first kappa shape index (κ1) is 15.5. The molecule has 1 fully saturated rings. The molecule has 0 bridgehead atoms. The minimum Gasteiger partial charge on any atom is -0.459 e. The smallest absolute Gasteiger partial charge is 0.338 e. The zero-order valence-corrected chi connectivity index (χ0v) is 14.1. The maximum absolute atomic E-state index is 12.1. The van der Waals surface area contributed by atoms with Crippen LogP contribution in [-0.2, 0) is 4.74 Å². The van der Waals surface area contributed by atoms with E-state index >= 15 is 0 Å². The molecule has 0 unspecified atom stereocenters. The highest BCUT2D eigenvalue weighted by atomic mass is 35.5. The van der Waals surface area contributed by atoms with Gasteiger partial charge in [0.2, 0.25) is 5.89 Å². The molecule has 0 amide bonds. The summed E-state index contributed by atoms with van der Waals surface area (Å²) >= 11 is 12.0. The minimum atomic E-state index is -0.328. The molecule has 0 radical (unpaired) electrons. The molecule has 6 heteroatoms. The van der Waals surface area contributed by atoms with E-state index in [0.717, 1.165) is 19.3 Å². The molecule has 4 rings (SSSR count). The predicted octanol–water partition coefficient (Wildman–Crippen LogP) is 5.51. The lowest BCUT2D eigenvalue weighted by Gasteiger charge is -2.25. The summed E-state index contributed by atoms with van der Waals surface area (Å²) in [6.07, 6.45) is 3.04. The van der Waals surface area contributed by atoms with Gasteiger partial charge in [0.15, 0.2) is 5.58 Å². The van der Waals surface area contributed by atoms with Crippen LogP contribution in [0.25, 0.3) is 22.6 Å². The van der Waals surface area contributed by atoms with Crippen molar-refractivity contribution in [3.8, 4) is 11.5 Å². The Labute approximate surface area is 148 Å². The van der Waals surface area contributed by atoms with Gasteiger partial charge in [-0.1, -0.05) is 23.2 Å². The summed E-state index contributed by atoms with van der Waals surface area (Å²) in [4.78, 5) is 16.6. The molecule has 1 aromatic heterocycles. The summed E-state index contributed by atoms with van der Waals surface area (Å²) in [5, 5.41) is 1.01. The highest BCUT2D eigenvalue weighted by Crippen LogP contribution is 2.30. The van der Waals surface area contributed by atoms with Crippen LogP contribution in [0.1, 0.15) is 29.6 Å². The van der Waals surface area contributed by atoms with Crippen LogP contribution < -0.4 is 0 Å². The first-order chi connectivity index (χ1) is 11.6. The highest BCUT2D eigenvalue weighted by Gasteiger charge is 2.23. The fourth-order valence-corrected chi connectivity index (χ4v) is 3.09. The SMILES string of the molecule is O=C(OC1CCC1)c1ccc2nc(-c3cc(Cl)cc(Cl)c3)oc2c1. The van der Waals surface area contributed by atoms with Gasteiger partial charge in [0.25, 0.3) is 0 Å². The summed E-state index contributed by atoms with van der Waals surface area (Å²) in [7, 11) is 0. The number of rotatable bonds is 3. The Balaban J connectivity index is 1.66. The largest absolute Gasteiger partial charge is 0.459 e. The standard InChI is InChI=1S/C18H13Cl2NO3/c19-12-6-11(7-13(20)9-12)17-21-15-5-4-10(8-16(15)24-17)18(22)23-14-2-1-3-14/h4-9,14H,1-3H2. The van der Waals surface area contributed by atoms with E-state index in [1.807, 2.05) is 0 Å². The molecule has 1 aliphatic carbocycles. The molecule has 4 nitrogen and oxygen atoms in total. The zero-order valence-electron chi connectivity index (χ0n) is 12.6. The van der Waals surface area contributed by atoms with Crippen LogP contribution in [-0.4, -0.2) is 17.1 Å². The van der Waals surface area contributed by atoms with Crippen molar-refractivity contribution >= 4 is 40.3 Å². The number of ether oxygens (including phenoxy) is 1. The molecular formula is C18H13Cl2NO3. The Kier molecular flexibility index (Phi) is 3.94. The average Bonchev–Trinajstić information content (AvgIpc) is 2.92. The van der Waals surface area contributed by atoms with Crippen LogP contribution >= 0.6 is 23.2 Å². The molecule has 1 aliphatic rings. The van der Waals surface area contributed by atoms with Crippen molar-refractivity contribution in [1.29, 1.82) is 0 Å². The lowest BCUT2D eigenvalue weighted by atomic mass is 9.96. The van der Waals surface area contributed by atoms with Gasteiger partial charge >= 0.3 is 5.97 Å². The van der Waals surface area contributed by atoms with Crippen molar-refractivity contribution in [2.24, 2.45) is 0 Å². The lowest BCUT2D eigenvalue weighted by Crippen LogP contribution is -2.24. The fourth-order valence-electron chi connectivity index (χ4n) is 2.56. The van der Waals surface area contributed by atoms with Crippen LogP contribution in [0.3, 0.4) is 0 Å². The van der Waals surface area contributed by atoms with Crippen LogP contribution in [0.15, 0.2) is 40.8 Å². The third-order valence-electron chi connectivity index (χ3n) is 4.06. The number of oxazole rings is 1. The average molecular weight is 362 g/mol. The van der Waals surface area contributed by atoms with Crippen LogP contribution in [0.2, 0.25) is 10.0 Å². The number of carbonyl (C=O) groups excluding carboxylic acids is 1. The second-order valence-electron chi connectivity index (χ2n) is 5.82. The molecule has 0 spiro atoms. The number of benzene rings is 2. The number of nitrogens with zero attached hydrogens (tertiary/aromatic N) is 1. The summed E-state index contributed by atoms with van der Waals surface area (Å²) < 4.78 is 11.2. The molecule has 0 aliphatic heterocycles. The van der Waals surface area contributed by atoms with E-state index < -0.39 is 0 Å². The van der Waals surface area contributed by atoms with Crippen LogP contribution in [0, 0.1) is 0 Å². The highest BCUT2D eigenvalue weighted by molar-refractivity contribution is 6.35. The number of fused-ring (bicyclic) bond motifs is 1. The van der Waals surface area contributed by atoms with E-state index in [4.69, 9.17) is 32.4 Å². The summed E-state index contributed by atoms with van der Waals surface area (Å²) in [5.41, 5.74) is 2.31. The van der Waals surface area contributed by atoms with E-state index in [0.29, 0.717) is 38.2 Å². The number of carbonyl (C=O) groups is 1. The molecule has 0 atom stereocenters. The van der Waals surface area contributed by atoms with Gasteiger partial charge in [-0.3, -0.25) is 0 Å². The third kappa shape index (κ3) is 2.99. The molecule has 0 N–H and O–H groups in total. The van der Waals surface area contributed by atoms with E-state index in [1.54, 1.807) is 36.4 Å². The van der Waals surface area contributed by atoms with Crippen LogP contribution in [0.4, 0.5) is 0 Å². The van der Waals surface area contributed by atoms with Crippen molar-refractivity contribution in [1.82, 2.24) is 4.98 Å². The molecular weight excluding hydrogens is 349 g/mol. The summed E-state index contributed by atoms with van der Waals surface area (Å²) in [5.74, 6) is 0.0734. The maximum Gasteiger partial charge on any atom is 0.338 e. The first-order valence-corrected chi connectivity index (χ1v) is 8.42. The van der Waals surface area contributed by atoms with Gasteiger partial charge < -0.3 is 9.15 Å². The van der Waals surface area contributed by atoms with Gasteiger partial charge in [0.1, 0.15) is 11.6 Å². The Bertz CT molecular complexity index is 911. The maximum atomic E-state index is 12.1. The van der Waals surface area contributed by atoms with E-state index in [1.165, 1.54) is 0 Å². The molecule has 3 aromatic rings. The number of esters is 1. The van der Waals surface area contributed by atoms with Crippen LogP contribution in [0.5, 0.6) is 0 Å². The zero-order chi connectivity index (χ0) is 16.7. The van der Waals surface area contributed by atoms with Crippen molar-refractivity contribution < 1.29 is 13.9 Å². The van der Waals surface area contributed by atoms with Crippen molar-refractivity contribution in [2.45, 2.75) is 25.4 Å². The summed E-state index contributed by atoms with van der Waals surface area (Å²) in [6, 6.07) is 10.2. The quantitative estimate of drug-likeness (QED) is 0.577. The molecule has 0 saturated heterocycles. The molecule has 24 heavy (non-hydrogen) atoms. The topological polar surface area (TPSA) is 52.3 Å². The van der Waals surface area contributed by atoms with E-state index in [2.05, 4.69) is 4.98 Å². The Morgan fingerprint density at radius 1 is 1.12 bits per heavy atom. The second-order valence-corrected chi connectivity index (χ2v) is 6.69. The van der Waals surface area contributed by atoms with Gasteiger partial charge in [0.05, 0.1) is 5.56 Å². The van der Waals surface area contributed by atoms with Gasteiger partial charge in [-0.25, -0.2) is 9.78 Å². The number of hydrogen-bond donors (Lipinski definition) is 0. The Hall–Kier alpha value is -2.04. The first-order valence-electron chi connectivity index (χ1n) is 7.66. The molecule has 2 aromatic carbocycles. The number of aromatic nitrogens is 1. The Morgan fingerprint density at radius 3 is 2.54 bits per heavy atom. The molecule has 1 saturated carbocycles. The molecule has 1 heterocycles.